The first kappa shape index (κ1) is 6.12. The topological polar surface area (TPSA) is 0 Å². The molecule has 0 saturated heterocycles. The second-order valence-electron chi connectivity index (χ2n) is 3.78. The Morgan fingerprint density at radius 2 is 1.75 bits per heavy atom. The molecule has 0 aliphatic heterocycles. The zero-order valence-electron chi connectivity index (χ0n) is 7.65. The Balaban J connectivity index is 3.88. The van der Waals surface area contributed by atoms with E-state index in [0.29, 0.717) is 5.92 Å². The van der Waals surface area contributed by atoms with Crippen molar-refractivity contribution >= 4 is 0 Å². The Morgan fingerprint density at radius 3 is 1.75 bits per heavy atom. The molecule has 0 aromatic heterocycles. The summed E-state index contributed by atoms with van der Waals surface area (Å²) in [7, 11) is 0. The molecular formula is C8H18. The predicted molar refractivity (Wildman–Crippen MR) is 38.9 cm³/mol. The highest BCUT2D eigenvalue weighted by Gasteiger charge is 2.11. The summed E-state index contributed by atoms with van der Waals surface area (Å²) in [5, 5.41) is 0. The van der Waals surface area contributed by atoms with Gasteiger partial charge in [0.05, 0.1) is 0 Å². The predicted octanol–water partition coefficient (Wildman–Crippen LogP) is 3.08. The molecule has 8 heavy (non-hydrogen) atoms. The van der Waals surface area contributed by atoms with E-state index in [4.69, 9.17) is 1.37 Å². The SMILES string of the molecule is [2H]C(C(C)C)C(C)(C)C. The van der Waals surface area contributed by atoms with Crippen LogP contribution >= 0.6 is 0 Å². The Bertz CT molecular complexity index is 79.1. The van der Waals surface area contributed by atoms with Gasteiger partial charge in [-0.2, -0.15) is 0 Å². The molecule has 0 amide bonds. The number of rotatable bonds is 1. The molecule has 0 heterocycles. The van der Waals surface area contributed by atoms with Gasteiger partial charge in [0.1, 0.15) is 0 Å². The normalized spacial score (nSPS) is 18.5. The third kappa shape index (κ3) is 6.00. The summed E-state index contributed by atoms with van der Waals surface area (Å²) in [6, 6.07) is 0. The second kappa shape index (κ2) is 2.52. The van der Waals surface area contributed by atoms with Crippen molar-refractivity contribution in [3.63, 3.8) is 0 Å². The lowest BCUT2D eigenvalue weighted by Gasteiger charge is -2.19. The van der Waals surface area contributed by atoms with Crippen molar-refractivity contribution in [2.24, 2.45) is 11.3 Å². The molecule has 0 spiro atoms. The van der Waals surface area contributed by atoms with Crippen molar-refractivity contribution in [3.8, 4) is 0 Å². The van der Waals surface area contributed by atoms with Gasteiger partial charge >= 0.3 is 0 Å². The van der Waals surface area contributed by atoms with Crippen molar-refractivity contribution in [2.45, 2.75) is 41.0 Å². The van der Waals surface area contributed by atoms with Gasteiger partial charge in [-0.05, 0) is 17.7 Å². The van der Waals surface area contributed by atoms with Gasteiger partial charge in [-0.3, -0.25) is 0 Å². The Morgan fingerprint density at radius 1 is 1.38 bits per heavy atom. The smallest absolute Gasteiger partial charge is 0.0275 e. The van der Waals surface area contributed by atoms with Gasteiger partial charge in [-0.1, -0.05) is 34.6 Å². The molecular weight excluding hydrogens is 96.1 g/mol. The van der Waals surface area contributed by atoms with E-state index >= 15 is 0 Å². The van der Waals surface area contributed by atoms with Gasteiger partial charge in [-0.15, -0.1) is 0 Å². The fourth-order valence-electron chi connectivity index (χ4n) is 1.00. The lowest BCUT2D eigenvalue weighted by atomic mass is 9.86. The molecule has 0 aromatic carbocycles. The molecule has 0 N–H and O–H groups in total. The van der Waals surface area contributed by atoms with Crippen LogP contribution in [0.3, 0.4) is 0 Å². The third-order valence-corrected chi connectivity index (χ3v) is 0.833. The highest BCUT2D eigenvalue weighted by Crippen LogP contribution is 2.23. The number of hydrogen-bond acceptors (Lipinski definition) is 0. The Kier molecular flexibility index (Phi) is 1.93. The summed E-state index contributed by atoms with van der Waals surface area (Å²) in [4.78, 5) is 0. The lowest BCUT2D eigenvalue weighted by Crippen LogP contribution is -2.08. The fraction of sp³-hybridized carbons (Fsp3) is 1.00. The van der Waals surface area contributed by atoms with Crippen molar-refractivity contribution < 1.29 is 1.37 Å². The summed E-state index contributed by atoms with van der Waals surface area (Å²) >= 11 is 0. The van der Waals surface area contributed by atoms with Crippen molar-refractivity contribution in [1.29, 1.82) is 0 Å². The van der Waals surface area contributed by atoms with E-state index in [-0.39, 0.29) is 11.8 Å². The Hall–Kier alpha value is 0. The quantitative estimate of drug-likeness (QED) is 0.492. The highest BCUT2D eigenvalue weighted by molar-refractivity contribution is 4.62. The monoisotopic (exact) mass is 115 g/mol. The van der Waals surface area contributed by atoms with Crippen molar-refractivity contribution in [3.05, 3.63) is 0 Å². The van der Waals surface area contributed by atoms with E-state index in [0.717, 1.165) is 0 Å². The van der Waals surface area contributed by atoms with Crippen LogP contribution in [-0.2, 0) is 0 Å². The molecule has 50 valence electrons. The maximum absolute atomic E-state index is 7.68. The minimum absolute atomic E-state index is 0.0671. The summed E-state index contributed by atoms with van der Waals surface area (Å²) in [5.41, 5.74) is 0.147. The minimum atomic E-state index is 0.0671. The molecule has 0 rings (SSSR count). The van der Waals surface area contributed by atoms with Gasteiger partial charge in [0.2, 0.25) is 0 Å². The van der Waals surface area contributed by atoms with Crippen LogP contribution in [0.15, 0.2) is 0 Å². The molecule has 0 nitrogen and oxygen atoms in total. The van der Waals surface area contributed by atoms with E-state index in [1.807, 2.05) is 0 Å². The van der Waals surface area contributed by atoms with Gasteiger partial charge in [0.25, 0.3) is 0 Å². The third-order valence-electron chi connectivity index (χ3n) is 0.833. The molecule has 0 bridgehead atoms. The van der Waals surface area contributed by atoms with Gasteiger partial charge < -0.3 is 0 Å². The molecule has 0 aliphatic rings. The summed E-state index contributed by atoms with van der Waals surface area (Å²) in [5.74, 6) is 0.477. The van der Waals surface area contributed by atoms with Crippen LogP contribution in [0.25, 0.3) is 0 Å². The first-order chi connectivity index (χ1) is 3.85. The number of hydrogen-bond donors (Lipinski definition) is 0. The van der Waals surface area contributed by atoms with Crippen LogP contribution in [0.5, 0.6) is 0 Å². The molecule has 0 aromatic rings. The minimum Gasteiger partial charge on any atom is -0.0628 e. The zero-order valence-corrected chi connectivity index (χ0v) is 6.65. The van der Waals surface area contributed by atoms with E-state index in [1.54, 1.807) is 0 Å². The van der Waals surface area contributed by atoms with Crippen LogP contribution in [0, 0.1) is 11.3 Å². The van der Waals surface area contributed by atoms with Gasteiger partial charge in [0, 0.05) is 1.37 Å². The van der Waals surface area contributed by atoms with Crippen molar-refractivity contribution in [2.75, 3.05) is 0 Å². The average Bonchev–Trinajstić information content (AvgIpc) is 1.62. The molecule has 0 aliphatic carbocycles. The zero-order chi connectivity index (χ0) is 7.65. The van der Waals surface area contributed by atoms with E-state index in [2.05, 4.69) is 34.6 Å². The van der Waals surface area contributed by atoms with E-state index in [1.165, 1.54) is 0 Å². The van der Waals surface area contributed by atoms with Gasteiger partial charge in [0.15, 0.2) is 0 Å². The van der Waals surface area contributed by atoms with E-state index in [9.17, 15) is 0 Å². The summed E-state index contributed by atoms with van der Waals surface area (Å²) in [6.07, 6.45) is 0.0671. The highest BCUT2D eigenvalue weighted by atomic mass is 14.2. The van der Waals surface area contributed by atoms with Crippen LogP contribution < -0.4 is 0 Å². The van der Waals surface area contributed by atoms with Crippen LogP contribution in [-0.4, -0.2) is 0 Å². The van der Waals surface area contributed by atoms with Crippen molar-refractivity contribution in [1.82, 2.24) is 0 Å². The average molecular weight is 115 g/mol. The molecule has 0 radical (unpaired) electrons. The molecule has 1 atom stereocenters. The maximum atomic E-state index is 7.68. The van der Waals surface area contributed by atoms with Crippen LogP contribution in [0.4, 0.5) is 0 Å². The molecule has 1 unspecified atom stereocenters. The summed E-state index contributed by atoms with van der Waals surface area (Å²) in [6.45, 7) is 10.5. The molecule has 0 heteroatoms. The second-order valence-corrected chi connectivity index (χ2v) is 3.78. The fourth-order valence-corrected chi connectivity index (χ4v) is 1.00. The van der Waals surface area contributed by atoms with E-state index < -0.39 is 0 Å². The Labute approximate surface area is 54.7 Å². The molecule has 0 saturated carbocycles. The summed E-state index contributed by atoms with van der Waals surface area (Å²) < 4.78 is 7.68. The standard InChI is InChI=1S/C8H18/c1-7(2)6-8(3,4)5/h7H,6H2,1-5H3/i6D. The first-order valence-corrected chi connectivity index (χ1v) is 3.28. The maximum Gasteiger partial charge on any atom is 0.0275 e. The first-order valence-electron chi connectivity index (χ1n) is 3.85. The van der Waals surface area contributed by atoms with Crippen LogP contribution in [0.1, 0.15) is 42.4 Å². The molecule has 0 fully saturated rings. The van der Waals surface area contributed by atoms with Gasteiger partial charge in [-0.25, -0.2) is 0 Å². The van der Waals surface area contributed by atoms with Crippen LogP contribution in [0.2, 0.25) is 0 Å². The lowest BCUT2D eigenvalue weighted by molar-refractivity contribution is 0.320. The largest absolute Gasteiger partial charge is 0.0628 e.